The average Bonchev–Trinajstić information content (AvgIpc) is 2.89. The van der Waals surface area contributed by atoms with Gasteiger partial charge in [0.1, 0.15) is 0 Å². The Labute approximate surface area is 132 Å². The fourth-order valence-electron chi connectivity index (χ4n) is 2.22. The summed E-state index contributed by atoms with van der Waals surface area (Å²) in [6.07, 6.45) is 14.1. The Morgan fingerprint density at radius 1 is 1.19 bits per heavy atom. The van der Waals surface area contributed by atoms with E-state index in [4.69, 9.17) is 9.84 Å². The zero-order valence-corrected chi connectivity index (χ0v) is 13.6. The number of hydrogen-bond donors (Lipinski definition) is 1. The third kappa shape index (κ3) is 8.79. The van der Waals surface area contributed by atoms with Gasteiger partial charge in [0.25, 0.3) is 0 Å². The predicted octanol–water partition coefficient (Wildman–Crippen LogP) is 3.93. The summed E-state index contributed by atoms with van der Waals surface area (Å²) in [5.74, 6) is 2.84. The first-order valence-corrected chi connectivity index (χ1v) is 8.74. The number of hydrogen-bond acceptors (Lipinski definition) is 3. The minimum atomic E-state index is -0.884. The van der Waals surface area contributed by atoms with Crippen LogP contribution in [-0.4, -0.2) is 35.8 Å². The maximum atomic E-state index is 10.3. The molecule has 0 saturated carbocycles. The highest BCUT2D eigenvalue weighted by Crippen LogP contribution is 2.32. The molecule has 0 aromatic carbocycles. The van der Waals surface area contributed by atoms with E-state index in [0.717, 1.165) is 26.1 Å². The van der Waals surface area contributed by atoms with Crippen LogP contribution in [0.25, 0.3) is 0 Å². The van der Waals surface area contributed by atoms with E-state index in [0.29, 0.717) is 18.3 Å². The number of rotatable bonds is 10. The van der Waals surface area contributed by atoms with Crippen LogP contribution in [0.1, 0.15) is 26.2 Å². The maximum absolute atomic E-state index is 10.3. The molecule has 0 bridgehead atoms. The van der Waals surface area contributed by atoms with Crippen molar-refractivity contribution < 1.29 is 14.6 Å². The van der Waals surface area contributed by atoms with Gasteiger partial charge in [-0.15, -0.1) is 0 Å². The topological polar surface area (TPSA) is 46.5 Å². The van der Waals surface area contributed by atoms with Crippen LogP contribution in [0.3, 0.4) is 0 Å². The fraction of sp³-hybridized carbons (Fsp3) is 0.588. The second-order valence-electron chi connectivity index (χ2n) is 5.16. The molecular formula is C17H26O3S. The van der Waals surface area contributed by atoms with Gasteiger partial charge in [-0.25, -0.2) is 4.79 Å². The van der Waals surface area contributed by atoms with Gasteiger partial charge in [-0.3, -0.25) is 0 Å². The monoisotopic (exact) mass is 310 g/mol. The first-order chi connectivity index (χ1) is 10.2. The first kappa shape index (κ1) is 18.1. The van der Waals surface area contributed by atoms with Crippen molar-refractivity contribution in [3.8, 4) is 0 Å². The molecule has 0 radical (unpaired) electrons. The molecular weight excluding hydrogens is 284 g/mol. The van der Waals surface area contributed by atoms with Gasteiger partial charge < -0.3 is 9.84 Å². The molecule has 4 heteroatoms. The molecule has 1 rings (SSSR count). The minimum Gasteiger partial charge on any atom is -0.478 e. The molecule has 0 unspecified atom stereocenters. The molecule has 0 spiro atoms. The predicted molar refractivity (Wildman–Crippen MR) is 89.7 cm³/mol. The molecule has 118 valence electrons. The van der Waals surface area contributed by atoms with E-state index in [1.165, 1.54) is 17.6 Å². The van der Waals surface area contributed by atoms with Crippen LogP contribution >= 0.6 is 11.8 Å². The Morgan fingerprint density at radius 2 is 2.00 bits per heavy atom. The third-order valence-corrected chi connectivity index (χ3v) is 4.74. The highest BCUT2D eigenvalue weighted by molar-refractivity contribution is 7.99. The number of allylic oxidation sites excluding steroid dienone is 4. The molecule has 1 aliphatic heterocycles. The number of aliphatic carboxylic acids is 1. The molecule has 0 aromatic rings. The summed E-state index contributed by atoms with van der Waals surface area (Å²) in [7, 11) is 0. The Morgan fingerprint density at radius 3 is 2.76 bits per heavy atom. The Bertz CT molecular complexity index is 374. The molecule has 0 aliphatic carbocycles. The van der Waals surface area contributed by atoms with E-state index < -0.39 is 5.97 Å². The summed E-state index contributed by atoms with van der Waals surface area (Å²) in [4.78, 5) is 10.3. The lowest BCUT2D eigenvalue weighted by molar-refractivity contribution is -0.131. The summed E-state index contributed by atoms with van der Waals surface area (Å²) >= 11 is 2.01. The van der Waals surface area contributed by atoms with E-state index in [1.807, 2.05) is 17.8 Å². The standard InChI is InChI=1S/C17H26O3S/c1-2-3-8-11-20-12-16-14-21-13-15(16)9-6-4-5-7-10-17(18)19/h3-4,6-8,10,15-16H,2,5,9,11-14H2,1H3,(H,18,19)/t15-,16+/m0/s1. The van der Waals surface area contributed by atoms with Crippen LogP contribution in [0.15, 0.2) is 36.5 Å². The number of ether oxygens (including phenoxy) is 1. The van der Waals surface area contributed by atoms with Gasteiger partial charge >= 0.3 is 5.97 Å². The molecule has 1 aliphatic rings. The molecule has 1 fully saturated rings. The highest BCUT2D eigenvalue weighted by Gasteiger charge is 2.26. The van der Waals surface area contributed by atoms with Crippen LogP contribution in [0.2, 0.25) is 0 Å². The summed E-state index contributed by atoms with van der Waals surface area (Å²) < 4.78 is 5.72. The van der Waals surface area contributed by atoms with Gasteiger partial charge in [0.2, 0.25) is 0 Å². The normalized spacial score (nSPS) is 22.9. The van der Waals surface area contributed by atoms with Crippen molar-refractivity contribution in [3.05, 3.63) is 36.5 Å². The summed E-state index contributed by atoms with van der Waals surface area (Å²) in [5.41, 5.74) is 0. The van der Waals surface area contributed by atoms with Gasteiger partial charge in [0.05, 0.1) is 13.2 Å². The lowest BCUT2D eigenvalue weighted by atomic mass is 9.93. The van der Waals surface area contributed by atoms with E-state index in [1.54, 1.807) is 6.08 Å². The molecule has 1 heterocycles. The Hall–Kier alpha value is -1.00. The van der Waals surface area contributed by atoms with Gasteiger partial charge in [-0.1, -0.05) is 37.3 Å². The number of carboxylic acids is 1. The van der Waals surface area contributed by atoms with Crippen molar-refractivity contribution in [1.29, 1.82) is 0 Å². The van der Waals surface area contributed by atoms with Crippen LogP contribution < -0.4 is 0 Å². The molecule has 1 saturated heterocycles. The fourth-order valence-corrected chi connectivity index (χ4v) is 3.74. The summed E-state index contributed by atoms with van der Waals surface area (Å²) in [6, 6.07) is 0. The highest BCUT2D eigenvalue weighted by atomic mass is 32.2. The lowest BCUT2D eigenvalue weighted by Gasteiger charge is -2.16. The third-order valence-electron chi connectivity index (χ3n) is 3.42. The average molecular weight is 310 g/mol. The second kappa shape index (κ2) is 11.6. The van der Waals surface area contributed by atoms with E-state index >= 15 is 0 Å². The number of carboxylic acid groups (broad SMARTS) is 1. The smallest absolute Gasteiger partial charge is 0.327 e. The number of thioether (sulfide) groups is 1. The molecule has 1 N–H and O–H groups in total. The minimum absolute atomic E-state index is 0.643. The van der Waals surface area contributed by atoms with Crippen LogP contribution in [0.4, 0.5) is 0 Å². The van der Waals surface area contributed by atoms with Crippen molar-refractivity contribution >= 4 is 17.7 Å². The van der Waals surface area contributed by atoms with E-state index in [2.05, 4.69) is 25.2 Å². The quantitative estimate of drug-likeness (QED) is 0.377. The van der Waals surface area contributed by atoms with Gasteiger partial charge in [-0.05, 0) is 42.6 Å². The summed E-state index contributed by atoms with van der Waals surface area (Å²) in [6.45, 7) is 3.69. The maximum Gasteiger partial charge on any atom is 0.327 e. The van der Waals surface area contributed by atoms with Crippen molar-refractivity contribution in [3.63, 3.8) is 0 Å². The molecule has 3 nitrogen and oxygen atoms in total. The van der Waals surface area contributed by atoms with E-state index in [-0.39, 0.29) is 0 Å². The van der Waals surface area contributed by atoms with Crippen molar-refractivity contribution in [1.82, 2.24) is 0 Å². The van der Waals surface area contributed by atoms with Crippen LogP contribution in [0, 0.1) is 11.8 Å². The van der Waals surface area contributed by atoms with Crippen molar-refractivity contribution in [2.45, 2.75) is 26.2 Å². The molecule has 0 amide bonds. The van der Waals surface area contributed by atoms with Crippen molar-refractivity contribution in [2.75, 3.05) is 24.7 Å². The van der Waals surface area contributed by atoms with Gasteiger partial charge in [0.15, 0.2) is 0 Å². The zero-order chi connectivity index (χ0) is 15.3. The molecule has 0 aromatic heterocycles. The second-order valence-corrected chi connectivity index (χ2v) is 6.23. The largest absolute Gasteiger partial charge is 0.478 e. The Balaban J connectivity index is 2.19. The van der Waals surface area contributed by atoms with Gasteiger partial charge in [0, 0.05) is 6.08 Å². The van der Waals surface area contributed by atoms with Gasteiger partial charge in [-0.2, -0.15) is 11.8 Å². The van der Waals surface area contributed by atoms with E-state index in [9.17, 15) is 4.79 Å². The first-order valence-electron chi connectivity index (χ1n) is 7.59. The molecule has 2 atom stereocenters. The zero-order valence-electron chi connectivity index (χ0n) is 12.7. The van der Waals surface area contributed by atoms with Crippen LogP contribution in [-0.2, 0) is 9.53 Å². The SMILES string of the molecule is CCC=CCOC[C@@H]1CSC[C@@H]1CC=CCC=CC(=O)O. The summed E-state index contributed by atoms with van der Waals surface area (Å²) in [5, 5.41) is 8.48. The molecule has 21 heavy (non-hydrogen) atoms. The van der Waals surface area contributed by atoms with Crippen LogP contribution in [0.5, 0.6) is 0 Å². The Kier molecular flexibility index (Phi) is 10.0. The number of carbonyl (C=O) groups is 1. The van der Waals surface area contributed by atoms with Crippen molar-refractivity contribution in [2.24, 2.45) is 11.8 Å². The lowest BCUT2D eigenvalue weighted by Crippen LogP contribution is -2.18.